The molecule has 1 aromatic heterocycles. The van der Waals surface area contributed by atoms with Crippen molar-refractivity contribution in [3.8, 4) is 23.0 Å². The second-order valence-electron chi connectivity index (χ2n) is 7.71. The Morgan fingerprint density at radius 2 is 2.06 bits per heavy atom. The quantitative estimate of drug-likeness (QED) is 0.657. The highest BCUT2D eigenvalue weighted by atomic mass is 16.5. The summed E-state index contributed by atoms with van der Waals surface area (Å²) in [5, 5.41) is 6.92. The van der Waals surface area contributed by atoms with Crippen LogP contribution in [0.5, 0.6) is 11.5 Å². The molecular weight excluding hydrogens is 412 g/mol. The zero-order valence-corrected chi connectivity index (χ0v) is 17.3. The lowest BCUT2D eigenvalue weighted by atomic mass is 10.0. The van der Waals surface area contributed by atoms with Gasteiger partial charge in [0.15, 0.2) is 19.0 Å². The lowest BCUT2D eigenvalue weighted by molar-refractivity contribution is -0.137. The van der Waals surface area contributed by atoms with Gasteiger partial charge >= 0.3 is 0 Å². The monoisotopic (exact) mass is 434 g/mol. The van der Waals surface area contributed by atoms with Crippen LogP contribution in [-0.4, -0.2) is 46.6 Å². The number of amides is 2. The second-order valence-corrected chi connectivity index (χ2v) is 7.71. The first-order chi connectivity index (χ1) is 15.7. The number of rotatable bonds is 5. The Hall–Kier alpha value is -3.88. The number of hydrogen-bond donors (Lipinski definition) is 1. The van der Waals surface area contributed by atoms with Crippen molar-refractivity contribution in [2.45, 2.75) is 25.3 Å². The molecule has 2 amide bonds. The molecule has 0 unspecified atom stereocenters. The maximum atomic E-state index is 12.9. The highest BCUT2D eigenvalue weighted by Crippen LogP contribution is 2.34. The molecule has 3 heterocycles. The molecule has 2 aliphatic heterocycles. The molecular formula is C23H22N4O5. The maximum Gasteiger partial charge on any atom is 0.262 e. The molecule has 2 aliphatic rings. The van der Waals surface area contributed by atoms with Crippen LogP contribution in [0.2, 0.25) is 0 Å². The van der Waals surface area contributed by atoms with Crippen LogP contribution >= 0.6 is 0 Å². The molecule has 9 heteroatoms. The average Bonchev–Trinajstić information content (AvgIpc) is 3.33. The molecule has 0 bridgehead atoms. The van der Waals surface area contributed by atoms with Gasteiger partial charge in [0.1, 0.15) is 11.5 Å². The van der Waals surface area contributed by atoms with Gasteiger partial charge in [-0.25, -0.2) is 0 Å². The van der Waals surface area contributed by atoms with E-state index in [-0.39, 0.29) is 31.1 Å². The van der Waals surface area contributed by atoms with Crippen molar-refractivity contribution in [2.24, 2.45) is 0 Å². The van der Waals surface area contributed by atoms with Crippen LogP contribution in [-0.2, 0) is 9.59 Å². The summed E-state index contributed by atoms with van der Waals surface area (Å²) in [6, 6.07) is 14.3. The summed E-state index contributed by atoms with van der Waals surface area (Å²) >= 11 is 0. The summed E-state index contributed by atoms with van der Waals surface area (Å²) in [7, 11) is 0. The topological polar surface area (TPSA) is 107 Å². The molecule has 0 spiro atoms. The third-order valence-electron chi connectivity index (χ3n) is 5.53. The molecule has 3 aromatic rings. The van der Waals surface area contributed by atoms with Crippen molar-refractivity contribution in [3.05, 3.63) is 54.4 Å². The number of para-hydroxylation sites is 1. The minimum Gasteiger partial charge on any atom is -0.484 e. The fraction of sp³-hybridized carbons (Fsp3) is 0.304. The molecule has 0 saturated carbocycles. The number of anilines is 1. The number of fused-ring (bicyclic) bond motifs is 1. The average molecular weight is 434 g/mol. The van der Waals surface area contributed by atoms with Gasteiger partial charge in [0.2, 0.25) is 0 Å². The van der Waals surface area contributed by atoms with E-state index in [4.69, 9.17) is 14.0 Å². The number of benzene rings is 2. The number of aromatic nitrogens is 2. The fourth-order valence-electron chi connectivity index (χ4n) is 3.95. The van der Waals surface area contributed by atoms with Crippen LogP contribution in [0.4, 0.5) is 5.69 Å². The SMILES string of the molecule is O=C1COc2ccc(-c3nc([C@H]4CCCCN4C(=O)COc4ccccc4)no3)cc2N1. The van der Waals surface area contributed by atoms with Crippen molar-refractivity contribution in [1.29, 1.82) is 0 Å². The Kier molecular flexibility index (Phi) is 5.45. The van der Waals surface area contributed by atoms with Crippen molar-refractivity contribution in [2.75, 3.05) is 25.1 Å². The lowest BCUT2D eigenvalue weighted by Crippen LogP contribution is -2.41. The van der Waals surface area contributed by atoms with Crippen LogP contribution in [0.15, 0.2) is 53.1 Å². The molecule has 32 heavy (non-hydrogen) atoms. The van der Waals surface area contributed by atoms with Gasteiger partial charge in [-0.2, -0.15) is 4.98 Å². The van der Waals surface area contributed by atoms with Crippen LogP contribution in [0.1, 0.15) is 31.1 Å². The van der Waals surface area contributed by atoms with Crippen LogP contribution in [0.25, 0.3) is 11.5 Å². The molecule has 1 atom stereocenters. The molecule has 2 aromatic carbocycles. The number of carbonyl (C=O) groups is 2. The minimum absolute atomic E-state index is 0.00339. The maximum absolute atomic E-state index is 12.9. The minimum atomic E-state index is -0.270. The van der Waals surface area contributed by atoms with Gasteiger partial charge in [0.05, 0.1) is 11.7 Å². The van der Waals surface area contributed by atoms with E-state index in [9.17, 15) is 9.59 Å². The Bertz CT molecular complexity index is 1130. The van der Waals surface area contributed by atoms with Gasteiger partial charge in [-0.1, -0.05) is 23.4 Å². The number of likely N-dealkylation sites (tertiary alicyclic amines) is 1. The number of nitrogens with zero attached hydrogens (tertiary/aromatic N) is 3. The van der Waals surface area contributed by atoms with Gasteiger partial charge < -0.3 is 24.2 Å². The molecule has 1 saturated heterocycles. The Morgan fingerprint density at radius 1 is 1.19 bits per heavy atom. The van der Waals surface area contributed by atoms with E-state index >= 15 is 0 Å². The van der Waals surface area contributed by atoms with Gasteiger partial charge in [-0.15, -0.1) is 0 Å². The summed E-state index contributed by atoms with van der Waals surface area (Å²) < 4.78 is 16.5. The normalized spacial score (nSPS) is 17.8. The second kappa shape index (κ2) is 8.70. The van der Waals surface area contributed by atoms with Crippen LogP contribution in [0, 0.1) is 0 Å². The van der Waals surface area contributed by atoms with Crippen molar-refractivity contribution < 1.29 is 23.6 Å². The Balaban J connectivity index is 1.32. The zero-order chi connectivity index (χ0) is 21.9. The van der Waals surface area contributed by atoms with E-state index in [1.165, 1.54) is 0 Å². The summed E-state index contributed by atoms with van der Waals surface area (Å²) in [4.78, 5) is 30.8. The van der Waals surface area contributed by atoms with E-state index in [0.29, 0.717) is 41.0 Å². The van der Waals surface area contributed by atoms with Crippen molar-refractivity contribution >= 4 is 17.5 Å². The third kappa shape index (κ3) is 4.14. The Morgan fingerprint density at radius 3 is 2.94 bits per heavy atom. The first kappa shape index (κ1) is 20.0. The standard InChI is InChI=1S/C23H22N4O5/c28-20-13-31-19-10-9-15(12-17(19)24-20)23-25-22(26-32-23)18-8-4-5-11-27(18)21(29)14-30-16-6-2-1-3-7-16/h1-3,6-7,9-10,12,18H,4-5,8,11,13-14H2,(H,24,28)/t18-/m1/s1. The molecule has 1 N–H and O–H groups in total. The van der Waals surface area contributed by atoms with Crippen molar-refractivity contribution in [1.82, 2.24) is 15.0 Å². The highest BCUT2D eigenvalue weighted by molar-refractivity contribution is 5.96. The molecule has 1 fully saturated rings. The van der Waals surface area contributed by atoms with Crippen LogP contribution in [0.3, 0.4) is 0 Å². The van der Waals surface area contributed by atoms with E-state index in [0.717, 1.165) is 19.3 Å². The third-order valence-corrected chi connectivity index (χ3v) is 5.53. The van der Waals surface area contributed by atoms with E-state index < -0.39 is 0 Å². The highest BCUT2D eigenvalue weighted by Gasteiger charge is 2.32. The van der Waals surface area contributed by atoms with Gasteiger partial charge in [-0.3, -0.25) is 9.59 Å². The summed E-state index contributed by atoms with van der Waals surface area (Å²) in [5.74, 6) is 1.70. The molecule has 5 rings (SSSR count). The van der Waals surface area contributed by atoms with E-state index in [1.807, 2.05) is 30.3 Å². The summed E-state index contributed by atoms with van der Waals surface area (Å²) in [6.45, 7) is 0.570. The largest absolute Gasteiger partial charge is 0.484 e. The van der Waals surface area contributed by atoms with E-state index in [2.05, 4.69) is 15.5 Å². The number of ether oxygens (including phenoxy) is 2. The lowest BCUT2D eigenvalue weighted by Gasteiger charge is -2.33. The number of nitrogens with one attached hydrogen (secondary N) is 1. The van der Waals surface area contributed by atoms with E-state index in [1.54, 1.807) is 23.1 Å². The molecule has 0 aliphatic carbocycles. The first-order valence-electron chi connectivity index (χ1n) is 10.6. The van der Waals surface area contributed by atoms with Crippen molar-refractivity contribution in [3.63, 3.8) is 0 Å². The summed E-state index contributed by atoms with van der Waals surface area (Å²) in [6.07, 6.45) is 2.65. The van der Waals surface area contributed by atoms with Gasteiger partial charge in [0, 0.05) is 12.1 Å². The van der Waals surface area contributed by atoms with Crippen LogP contribution < -0.4 is 14.8 Å². The zero-order valence-electron chi connectivity index (χ0n) is 17.3. The number of hydrogen-bond acceptors (Lipinski definition) is 7. The predicted molar refractivity (Wildman–Crippen MR) is 114 cm³/mol. The molecule has 9 nitrogen and oxygen atoms in total. The molecule has 164 valence electrons. The first-order valence-corrected chi connectivity index (χ1v) is 10.6. The predicted octanol–water partition coefficient (Wildman–Crippen LogP) is 3.20. The fourth-order valence-corrected chi connectivity index (χ4v) is 3.95. The summed E-state index contributed by atoms with van der Waals surface area (Å²) in [5.41, 5.74) is 1.22. The number of carbonyl (C=O) groups excluding carboxylic acids is 2. The number of piperidine rings is 1. The molecule has 0 radical (unpaired) electrons. The Labute approximate surface area is 184 Å². The van der Waals surface area contributed by atoms with Gasteiger partial charge in [0.25, 0.3) is 17.7 Å². The smallest absolute Gasteiger partial charge is 0.262 e. The van der Waals surface area contributed by atoms with Gasteiger partial charge in [-0.05, 0) is 49.6 Å².